The molecule has 0 bridgehead atoms. The van der Waals surface area contributed by atoms with E-state index in [0.29, 0.717) is 28.5 Å². The van der Waals surface area contributed by atoms with Gasteiger partial charge in [-0.25, -0.2) is 9.37 Å². The molecule has 1 saturated heterocycles. The van der Waals surface area contributed by atoms with Gasteiger partial charge >= 0.3 is 6.18 Å². The molecule has 158 valence electrons. The zero-order valence-corrected chi connectivity index (χ0v) is 16.6. The largest absolute Gasteiger partial charge is 0.416 e. The Hall–Kier alpha value is -2.68. The van der Waals surface area contributed by atoms with Crippen molar-refractivity contribution >= 4 is 27.9 Å². The molecular weight excluding hydrogens is 418 g/mol. The van der Waals surface area contributed by atoms with E-state index in [1.807, 2.05) is 6.08 Å². The summed E-state index contributed by atoms with van der Waals surface area (Å²) in [6.45, 7) is 0.592. The Kier molecular flexibility index (Phi) is 5.64. The van der Waals surface area contributed by atoms with Crippen LogP contribution in [-0.4, -0.2) is 23.5 Å². The maximum absolute atomic E-state index is 14.8. The van der Waals surface area contributed by atoms with E-state index in [2.05, 4.69) is 15.6 Å². The molecule has 0 radical (unpaired) electrons. The summed E-state index contributed by atoms with van der Waals surface area (Å²) in [5, 5.41) is 6.56. The predicted molar refractivity (Wildman–Crippen MR) is 108 cm³/mol. The van der Waals surface area contributed by atoms with Crippen molar-refractivity contribution in [2.24, 2.45) is 5.92 Å². The number of nitrogens with zero attached hydrogens (tertiary/aromatic N) is 1. The summed E-state index contributed by atoms with van der Waals surface area (Å²) in [7, 11) is 0. The Labute approximate surface area is 174 Å². The van der Waals surface area contributed by atoms with E-state index < -0.39 is 17.7 Å². The number of hydrogen-bond donors (Lipinski definition) is 2. The first-order valence-corrected chi connectivity index (χ1v) is 10.4. The Morgan fingerprint density at radius 1 is 1.23 bits per heavy atom. The molecule has 1 unspecified atom stereocenters. The lowest BCUT2D eigenvalue weighted by atomic mass is 9.90. The smallest absolute Gasteiger partial charge is 0.361 e. The number of amides is 1. The highest BCUT2D eigenvalue weighted by Crippen LogP contribution is 2.39. The maximum Gasteiger partial charge on any atom is 0.416 e. The van der Waals surface area contributed by atoms with Crippen LogP contribution in [0.15, 0.2) is 48.4 Å². The number of alkyl halides is 3. The van der Waals surface area contributed by atoms with Crippen molar-refractivity contribution in [1.29, 1.82) is 0 Å². The van der Waals surface area contributed by atoms with Crippen LogP contribution in [0.25, 0.3) is 5.57 Å². The molecule has 1 aromatic heterocycles. The Morgan fingerprint density at radius 2 is 2.00 bits per heavy atom. The number of allylic oxidation sites excluding steroid dienone is 2. The molecule has 1 fully saturated rings. The quantitative estimate of drug-likeness (QED) is 0.496. The summed E-state index contributed by atoms with van der Waals surface area (Å²) in [6.07, 6.45) is 2.28. The molecule has 2 heterocycles. The summed E-state index contributed by atoms with van der Waals surface area (Å²) in [5.41, 5.74) is 0.642. The summed E-state index contributed by atoms with van der Waals surface area (Å²) >= 11 is 1.33. The van der Waals surface area contributed by atoms with Crippen LogP contribution in [0.5, 0.6) is 0 Å². The number of fused-ring (bicyclic) bond motifs is 1. The van der Waals surface area contributed by atoms with Gasteiger partial charge in [0.2, 0.25) is 5.91 Å². The van der Waals surface area contributed by atoms with E-state index in [1.54, 1.807) is 12.3 Å². The number of carbonyl (C=O) groups excluding carboxylic acids is 1. The third-order valence-electron chi connectivity index (χ3n) is 5.19. The number of benzene rings is 1. The third-order valence-corrected chi connectivity index (χ3v) is 6.18. The lowest BCUT2D eigenvalue weighted by Gasteiger charge is -2.19. The minimum Gasteiger partial charge on any atom is -0.361 e. The molecule has 4 rings (SSSR count). The van der Waals surface area contributed by atoms with Gasteiger partial charge in [0.25, 0.3) is 0 Å². The normalized spacial score (nSPS) is 21.0. The molecule has 4 nitrogen and oxygen atoms in total. The fraction of sp³-hybridized carbons (Fsp3) is 0.333. The maximum atomic E-state index is 14.8. The van der Waals surface area contributed by atoms with Gasteiger partial charge in [-0.15, -0.1) is 0 Å². The average Bonchev–Trinajstić information content (AvgIpc) is 3.32. The standard InChI is InChI=1S/C21H19F4N3OS/c22-19-14(7-8-16-15(19)10-18(29)28-16)17-11-27-20(30-17)26-9-1-2-12-3-5-13(6-4-12)21(23,24)25/h3-8,11,15-16H,1-2,9-10H2,(H,26,27)(H,28,29)/t15?,16-/m1/s1. The molecule has 1 aliphatic heterocycles. The van der Waals surface area contributed by atoms with Crippen molar-refractivity contribution in [3.63, 3.8) is 0 Å². The Morgan fingerprint density at radius 3 is 2.73 bits per heavy atom. The van der Waals surface area contributed by atoms with Crippen LogP contribution in [-0.2, 0) is 17.4 Å². The summed E-state index contributed by atoms with van der Waals surface area (Å²) in [5.74, 6) is -0.899. The van der Waals surface area contributed by atoms with Crippen LogP contribution >= 0.6 is 11.3 Å². The number of aromatic nitrogens is 1. The highest BCUT2D eigenvalue weighted by molar-refractivity contribution is 7.16. The van der Waals surface area contributed by atoms with Gasteiger partial charge in [-0.1, -0.05) is 35.6 Å². The van der Waals surface area contributed by atoms with Gasteiger partial charge in [-0.3, -0.25) is 4.79 Å². The fourth-order valence-electron chi connectivity index (χ4n) is 3.61. The second kappa shape index (κ2) is 8.22. The molecule has 2 N–H and O–H groups in total. The van der Waals surface area contributed by atoms with Crippen molar-refractivity contribution in [3.8, 4) is 0 Å². The molecule has 30 heavy (non-hydrogen) atoms. The molecule has 1 aliphatic carbocycles. The molecular formula is C21H19F4N3OS. The highest BCUT2D eigenvalue weighted by Gasteiger charge is 2.37. The highest BCUT2D eigenvalue weighted by atomic mass is 32.1. The number of anilines is 1. The van der Waals surface area contributed by atoms with E-state index in [4.69, 9.17) is 0 Å². The lowest BCUT2D eigenvalue weighted by Crippen LogP contribution is -2.28. The molecule has 0 saturated carbocycles. The molecule has 0 spiro atoms. The summed E-state index contributed by atoms with van der Waals surface area (Å²) < 4.78 is 52.6. The molecule has 9 heteroatoms. The van der Waals surface area contributed by atoms with E-state index in [1.165, 1.54) is 23.5 Å². The number of hydrogen-bond acceptors (Lipinski definition) is 4. The topological polar surface area (TPSA) is 54.0 Å². The number of thiazole rings is 1. The van der Waals surface area contributed by atoms with Gasteiger partial charge in [0.05, 0.1) is 16.5 Å². The first-order chi connectivity index (χ1) is 14.3. The first-order valence-electron chi connectivity index (χ1n) is 9.55. The van der Waals surface area contributed by atoms with Crippen LogP contribution in [0.4, 0.5) is 22.7 Å². The number of aryl methyl sites for hydroxylation is 1. The van der Waals surface area contributed by atoms with E-state index in [-0.39, 0.29) is 24.2 Å². The summed E-state index contributed by atoms with van der Waals surface area (Å²) in [4.78, 5) is 16.5. The van der Waals surface area contributed by atoms with Crippen molar-refractivity contribution in [2.45, 2.75) is 31.5 Å². The fourth-order valence-corrected chi connectivity index (χ4v) is 4.48. The number of nitrogens with one attached hydrogen (secondary N) is 2. The van der Waals surface area contributed by atoms with Crippen LogP contribution in [0.1, 0.15) is 28.8 Å². The van der Waals surface area contributed by atoms with Crippen molar-refractivity contribution in [2.75, 3.05) is 11.9 Å². The number of halogens is 4. The zero-order chi connectivity index (χ0) is 21.3. The Bertz CT molecular complexity index is 994. The number of rotatable bonds is 6. The van der Waals surface area contributed by atoms with Gasteiger partial charge in [-0.05, 0) is 30.5 Å². The molecule has 1 aromatic carbocycles. The van der Waals surface area contributed by atoms with Crippen LogP contribution < -0.4 is 10.6 Å². The van der Waals surface area contributed by atoms with Crippen LogP contribution in [0.2, 0.25) is 0 Å². The molecule has 1 amide bonds. The van der Waals surface area contributed by atoms with Gasteiger partial charge in [0, 0.05) is 30.7 Å². The Balaban J connectivity index is 1.30. The third kappa shape index (κ3) is 4.40. The number of carbonyl (C=O) groups is 1. The minimum atomic E-state index is -4.32. The molecule has 2 aromatic rings. The molecule has 2 atom stereocenters. The second-order valence-corrected chi connectivity index (χ2v) is 8.31. The zero-order valence-electron chi connectivity index (χ0n) is 15.8. The SMILES string of the molecule is O=C1CC2C(F)=C(c3cnc(NCCCc4ccc(C(F)(F)F)cc4)s3)C=C[C@H]2N1. The first kappa shape index (κ1) is 20.6. The van der Waals surface area contributed by atoms with Crippen molar-refractivity contribution in [3.05, 3.63) is 64.4 Å². The van der Waals surface area contributed by atoms with Gasteiger partial charge in [-0.2, -0.15) is 13.2 Å². The second-order valence-electron chi connectivity index (χ2n) is 7.28. The van der Waals surface area contributed by atoms with Gasteiger partial charge in [0.1, 0.15) is 5.83 Å². The van der Waals surface area contributed by atoms with Gasteiger partial charge < -0.3 is 10.6 Å². The summed E-state index contributed by atoms with van der Waals surface area (Å²) in [6, 6.07) is 4.88. The van der Waals surface area contributed by atoms with Gasteiger partial charge in [0.15, 0.2) is 5.13 Å². The predicted octanol–water partition coefficient (Wildman–Crippen LogP) is 4.96. The van der Waals surface area contributed by atoms with Crippen molar-refractivity contribution < 1.29 is 22.4 Å². The van der Waals surface area contributed by atoms with E-state index in [0.717, 1.165) is 24.1 Å². The van der Waals surface area contributed by atoms with E-state index >= 15 is 0 Å². The average molecular weight is 437 g/mol. The lowest BCUT2D eigenvalue weighted by molar-refractivity contribution is -0.137. The molecule has 2 aliphatic rings. The van der Waals surface area contributed by atoms with E-state index in [9.17, 15) is 22.4 Å². The minimum absolute atomic E-state index is 0.147. The van der Waals surface area contributed by atoms with Crippen molar-refractivity contribution in [1.82, 2.24) is 10.3 Å². The van der Waals surface area contributed by atoms with Crippen LogP contribution in [0, 0.1) is 5.92 Å². The monoisotopic (exact) mass is 437 g/mol. The van der Waals surface area contributed by atoms with Crippen LogP contribution in [0.3, 0.4) is 0 Å².